The van der Waals surface area contributed by atoms with Crippen molar-refractivity contribution in [3.63, 3.8) is 0 Å². The van der Waals surface area contributed by atoms with Gasteiger partial charge in [-0.2, -0.15) is 0 Å². The van der Waals surface area contributed by atoms with E-state index in [4.69, 9.17) is 4.74 Å². The molecule has 2 rings (SSSR count). The van der Waals surface area contributed by atoms with E-state index in [2.05, 4.69) is 16.2 Å². The monoisotopic (exact) mass is 375 g/mol. The molecule has 0 saturated carbocycles. The Morgan fingerprint density at radius 1 is 1.08 bits per heavy atom. The quantitative estimate of drug-likeness (QED) is 0.675. The Bertz CT molecular complexity index is 784. The van der Waals surface area contributed by atoms with Gasteiger partial charge in [0.2, 0.25) is 11.8 Å². The molecule has 26 heavy (non-hydrogen) atoms. The minimum Gasteiger partial charge on any atom is -0.497 e. The van der Waals surface area contributed by atoms with Crippen molar-refractivity contribution in [2.45, 2.75) is 20.3 Å². The summed E-state index contributed by atoms with van der Waals surface area (Å²) in [5, 5.41) is 4.42. The number of hydrazine groups is 1. The van der Waals surface area contributed by atoms with Gasteiger partial charge < -0.3 is 10.1 Å². The number of ether oxygens (including phenoxy) is 1. The first-order chi connectivity index (χ1) is 12.4. The summed E-state index contributed by atoms with van der Waals surface area (Å²) in [4.78, 5) is 36.3. The summed E-state index contributed by atoms with van der Waals surface area (Å²) < 4.78 is 5.08. The molecule has 0 unspecified atom stereocenters. The lowest BCUT2D eigenvalue weighted by Gasteiger charge is -2.10. The Balaban J connectivity index is 1.95. The molecule has 0 spiro atoms. The van der Waals surface area contributed by atoms with Gasteiger partial charge in [-0.05, 0) is 29.1 Å². The van der Waals surface area contributed by atoms with E-state index < -0.39 is 5.91 Å². The highest BCUT2D eigenvalue weighted by Crippen LogP contribution is 2.22. The smallest absolute Gasteiger partial charge is 0.281 e. The lowest BCUT2D eigenvalue weighted by molar-refractivity contribution is -0.124. The molecule has 0 bridgehead atoms. The van der Waals surface area contributed by atoms with Crippen molar-refractivity contribution < 1.29 is 19.1 Å². The fourth-order valence-electron chi connectivity index (χ4n) is 2.03. The van der Waals surface area contributed by atoms with Gasteiger partial charge in [0.05, 0.1) is 19.2 Å². The molecule has 0 radical (unpaired) electrons. The van der Waals surface area contributed by atoms with E-state index in [0.29, 0.717) is 10.6 Å². The first-order valence-corrected chi connectivity index (χ1v) is 8.89. The van der Waals surface area contributed by atoms with E-state index in [1.54, 1.807) is 56.7 Å². The number of nitrogens with one attached hydrogen (secondary N) is 3. The Labute approximate surface area is 155 Å². The summed E-state index contributed by atoms with van der Waals surface area (Å²) in [6.45, 7) is 3.44. The summed E-state index contributed by atoms with van der Waals surface area (Å²) in [6, 6.07) is 8.82. The number of methoxy groups -OCH3 is 1. The second-order valence-electron chi connectivity index (χ2n) is 5.83. The van der Waals surface area contributed by atoms with Crippen LogP contribution in [0.4, 0.5) is 5.69 Å². The SMILES string of the molecule is COc1ccc(CC(=O)Nc2ccsc2C(=O)NNC(=O)C(C)C)cc1. The summed E-state index contributed by atoms with van der Waals surface area (Å²) in [5.41, 5.74) is 5.93. The molecule has 0 fully saturated rings. The topological polar surface area (TPSA) is 96.5 Å². The van der Waals surface area contributed by atoms with Crippen molar-refractivity contribution in [1.82, 2.24) is 10.9 Å². The Hall–Kier alpha value is -2.87. The van der Waals surface area contributed by atoms with Gasteiger partial charge in [-0.1, -0.05) is 26.0 Å². The molecule has 1 heterocycles. The number of amides is 3. The van der Waals surface area contributed by atoms with Crippen molar-refractivity contribution in [2.24, 2.45) is 5.92 Å². The molecule has 0 atom stereocenters. The van der Waals surface area contributed by atoms with Crippen LogP contribution in [0.3, 0.4) is 0 Å². The van der Waals surface area contributed by atoms with Crippen LogP contribution in [0.25, 0.3) is 0 Å². The van der Waals surface area contributed by atoms with E-state index >= 15 is 0 Å². The minimum atomic E-state index is -0.478. The van der Waals surface area contributed by atoms with Crippen LogP contribution in [0.15, 0.2) is 35.7 Å². The lowest BCUT2D eigenvalue weighted by Crippen LogP contribution is -2.43. The molecule has 3 N–H and O–H groups in total. The molecule has 0 aliphatic carbocycles. The minimum absolute atomic E-state index is 0.172. The second-order valence-corrected chi connectivity index (χ2v) is 6.75. The van der Waals surface area contributed by atoms with E-state index in [-0.39, 0.29) is 24.2 Å². The molecule has 7 nitrogen and oxygen atoms in total. The third kappa shape index (κ3) is 5.32. The van der Waals surface area contributed by atoms with Gasteiger partial charge in [-0.15, -0.1) is 11.3 Å². The summed E-state index contributed by atoms with van der Waals surface area (Å²) >= 11 is 1.18. The van der Waals surface area contributed by atoms with Crippen LogP contribution in [-0.4, -0.2) is 24.8 Å². The van der Waals surface area contributed by atoms with Gasteiger partial charge in [0.1, 0.15) is 10.6 Å². The lowest BCUT2D eigenvalue weighted by atomic mass is 10.1. The fourth-order valence-corrected chi connectivity index (χ4v) is 2.77. The Morgan fingerprint density at radius 3 is 2.38 bits per heavy atom. The van der Waals surface area contributed by atoms with Crippen LogP contribution in [0, 0.1) is 5.92 Å². The van der Waals surface area contributed by atoms with Crippen LogP contribution in [0.5, 0.6) is 5.75 Å². The van der Waals surface area contributed by atoms with Crippen molar-refractivity contribution >= 4 is 34.7 Å². The Kier molecular flexibility index (Phi) is 6.74. The molecule has 3 amide bonds. The Morgan fingerprint density at radius 2 is 1.77 bits per heavy atom. The van der Waals surface area contributed by atoms with Crippen LogP contribution in [0.2, 0.25) is 0 Å². The summed E-state index contributed by atoms with van der Waals surface area (Å²) in [6.07, 6.45) is 0.172. The van der Waals surface area contributed by atoms with Crippen molar-refractivity contribution in [1.29, 1.82) is 0 Å². The standard InChI is InChI=1S/C18H21N3O4S/c1-11(2)17(23)20-21-18(24)16-14(8-9-26-16)19-15(22)10-12-4-6-13(25-3)7-5-12/h4-9,11H,10H2,1-3H3,(H,19,22)(H,20,23)(H,21,24). The van der Waals surface area contributed by atoms with Crippen LogP contribution < -0.4 is 20.9 Å². The van der Waals surface area contributed by atoms with E-state index in [1.165, 1.54) is 11.3 Å². The fraction of sp³-hybridized carbons (Fsp3) is 0.278. The highest BCUT2D eigenvalue weighted by molar-refractivity contribution is 7.12. The highest BCUT2D eigenvalue weighted by atomic mass is 32.1. The largest absolute Gasteiger partial charge is 0.497 e. The van der Waals surface area contributed by atoms with Gasteiger partial charge in [0.15, 0.2) is 0 Å². The molecule has 0 aliphatic heterocycles. The molecule has 1 aromatic carbocycles. The van der Waals surface area contributed by atoms with Crippen molar-refractivity contribution in [3.05, 3.63) is 46.2 Å². The number of rotatable bonds is 6. The first kappa shape index (κ1) is 19.5. The van der Waals surface area contributed by atoms with E-state index in [1.807, 2.05) is 0 Å². The van der Waals surface area contributed by atoms with Gasteiger partial charge in [-0.3, -0.25) is 25.2 Å². The predicted octanol–water partition coefficient (Wildman–Crippen LogP) is 2.35. The van der Waals surface area contributed by atoms with Gasteiger partial charge in [0, 0.05) is 5.92 Å². The predicted molar refractivity (Wildman–Crippen MR) is 100 cm³/mol. The highest BCUT2D eigenvalue weighted by Gasteiger charge is 2.16. The maximum absolute atomic E-state index is 12.2. The third-order valence-electron chi connectivity index (χ3n) is 3.49. The normalized spacial score (nSPS) is 10.3. The number of benzene rings is 1. The van der Waals surface area contributed by atoms with Crippen LogP contribution in [-0.2, 0) is 16.0 Å². The van der Waals surface area contributed by atoms with E-state index in [0.717, 1.165) is 11.3 Å². The molecule has 1 aromatic heterocycles. The summed E-state index contributed by atoms with van der Waals surface area (Å²) in [5.74, 6) is -0.542. The molecular weight excluding hydrogens is 354 g/mol. The van der Waals surface area contributed by atoms with Crippen molar-refractivity contribution in [2.75, 3.05) is 12.4 Å². The molecule has 0 aliphatic rings. The maximum atomic E-state index is 12.2. The number of thiophene rings is 1. The van der Waals surface area contributed by atoms with Crippen LogP contribution in [0.1, 0.15) is 29.1 Å². The molecule has 2 aromatic rings. The number of anilines is 1. The average Bonchev–Trinajstić information content (AvgIpc) is 3.07. The van der Waals surface area contributed by atoms with Gasteiger partial charge in [-0.25, -0.2) is 0 Å². The summed E-state index contributed by atoms with van der Waals surface area (Å²) in [7, 11) is 1.58. The van der Waals surface area contributed by atoms with Gasteiger partial charge >= 0.3 is 0 Å². The molecular formula is C18H21N3O4S. The first-order valence-electron chi connectivity index (χ1n) is 8.01. The molecule has 0 saturated heterocycles. The zero-order chi connectivity index (χ0) is 19.1. The number of carbonyl (C=O) groups excluding carboxylic acids is 3. The molecule has 8 heteroatoms. The molecule has 138 valence electrons. The third-order valence-corrected chi connectivity index (χ3v) is 4.41. The van der Waals surface area contributed by atoms with E-state index in [9.17, 15) is 14.4 Å². The van der Waals surface area contributed by atoms with Crippen molar-refractivity contribution in [3.8, 4) is 5.75 Å². The van der Waals surface area contributed by atoms with Gasteiger partial charge in [0.25, 0.3) is 5.91 Å². The zero-order valence-corrected chi connectivity index (χ0v) is 15.6. The zero-order valence-electron chi connectivity index (χ0n) is 14.8. The maximum Gasteiger partial charge on any atom is 0.281 e. The number of carbonyl (C=O) groups is 3. The second kappa shape index (κ2) is 9.00. The van der Waals surface area contributed by atoms with Crippen LogP contribution >= 0.6 is 11.3 Å². The number of hydrogen-bond acceptors (Lipinski definition) is 5. The number of hydrogen-bond donors (Lipinski definition) is 3. The average molecular weight is 375 g/mol.